The van der Waals surface area contributed by atoms with E-state index in [1.807, 2.05) is 0 Å². The Morgan fingerprint density at radius 2 is 2.00 bits per heavy atom. The van der Waals surface area contributed by atoms with Gasteiger partial charge in [-0.3, -0.25) is 0 Å². The first-order valence-corrected chi connectivity index (χ1v) is 5.71. The molecule has 0 saturated heterocycles. The molecule has 1 aromatic carbocycles. The molecule has 0 bridgehead atoms. The van der Waals surface area contributed by atoms with Crippen molar-refractivity contribution in [1.29, 1.82) is 0 Å². The SMILES string of the molecule is NCC(N)c1cc(I)ccc1I. The second-order valence-corrected chi connectivity index (χ2v) is 4.92. The van der Waals surface area contributed by atoms with Crippen LogP contribution in [0.5, 0.6) is 0 Å². The number of nitrogens with two attached hydrogens (primary N) is 2. The van der Waals surface area contributed by atoms with E-state index in [-0.39, 0.29) is 6.04 Å². The Morgan fingerprint density at radius 3 is 2.58 bits per heavy atom. The van der Waals surface area contributed by atoms with E-state index in [9.17, 15) is 0 Å². The largest absolute Gasteiger partial charge is 0.329 e. The maximum Gasteiger partial charge on any atom is 0.0430 e. The molecule has 1 aromatic rings. The molecule has 1 unspecified atom stereocenters. The first-order chi connectivity index (χ1) is 5.65. The molecule has 0 spiro atoms. The molecule has 1 atom stereocenters. The first-order valence-electron chi connectivity index (χ1n) is 3.55. The van der Waals surface area contributed by atoms with Gasteiger partial charge in [-0.15, -0.1) is 0 Å². The first kappa shape index (κ1) is 10.7. The minimum atomic E-state index is -0.0355. The van der Waals surface area contributed by atoms with E-state index in [0.717, 1.165) is 5.56 Å². The molecule has 66 valence electrons. The zero-order chi connectivity index (χ0) is 9.14. The Kier molecular flexibility index (Phi) is 4.21. The smallest absolute Gasteiger partial charge is 0.0430 e. The second-order valence-electron chi connectivity index (χ2n) is 2.51. The monoisotopic (exact) mass is 388 g/mol. The van der Waals surface area contributed by atoms with Crippen molar-refractivity contribution < 1.29 is 0 Å². The summed E-state index contributed by atoms with van der Waals surface area (Å²) in [4.78, 5) is 0. The fourth-order valence-electron chi connectivity index (χ4n) is 0.926. The summed E-state index contributed by atoms with van der Waals surface area (Å²) in [6.45, 7) is 0.496. The summed E-state index contributed by atoms with van der Waals surface area (Å²) in [6.07, 6.45) is 0. The van der Waals surface area contributed by atoms with Crippen LogP contribution in [-0.2, 0) is 0 Å². The van der Waals surface area contributed by atoms with Gasteiger partial charge in [-0.05, 0) is 68.9 Å². The van der Waals surface area contributed by atoms with Gasteiger partial charge in [0.1, 0.15) is 0 Å². The van der Waals surface area contributed by atoms with Crippen LogP contribution in [0.1, 0.15) is 11.6 Å². The normalized spacial score (nSPS) is 13.0. The van der Waals surface area contributed by atoms with Crippen LogP contribution in [0.4, 0.5) is 0 Å². The summed E-state index contributed by atoms with van der Waals surface area (Å²) in [5.41, 5.74) is 12.5. The van der Waals surface area contributed by atoms with Crippen LogP contribution in [0.2, 0.25) is 0 Å². The summed E-state index contributed by atoms with van der Waals surface area (Å²) in [6, 6.07) is 6.17. The highest BCUT2D eigenvalue weighted by Gasteiger charge is 2.07. The average Bonchev–Trinajstić information content (AvgIpc) is 2.08. The average molecular weight is 388 g/mol. The summed E-state index contributed by atoms with van der Waals surface area (Å²) in [5, 5.41) is 0. The molecule has 0 aliphatic carbocycles. The van der Waals surface area contributed by atoms with Crippen LogP contribution in [0.15, 0.2) is 18.2 Å². The molecule has 0 aromatic heterocycles. The molecule has 0 saturated carbocycles. The lowest BCUT2D eigenvalue weighted by molar-refractivity contribution is 0.732. The molecule has 0 aliphatic heterocycles. The topological polar surface area (TPSA) is 52.0 Å². The molecule has 0 radical (unpaired) electrons. The van der Waals surface area contributed by atoms with Gasteiger partial charge in [-0.25, -0.2) is 0 Å². The van der Waals surface area contributed by atoms with Crippen molar-refractivity contribution in [1.82, 2.24) is 0 Å². The minimum Gasteiger partial charge on any atom is -0.329 e. The molecule has 1 rings (SSSR count). The van der Waals surface area contributed by atoms with E-state index in [4.69, 9.17) is 11.5 Å². The van der Waals surface area contributed by atoms with Crippen molar-refractivity contribution in [3.05, 3.63) is 30.9 Å². The van der Waals surface area contributed by atoms with Crippen molar-refractivity contribution in [2.45, 2.75) is 6.04 Å². The summed E-state index contributed by atoms with van der Waals surface area (Å²) in [7, 11) is 0. The zero-order valence-corrected chi connectivity index (χ0v) is 10.7. The third-order valence-corrected chi connectivity index (χ3v) is 3.26. The summed E-state index contributed by atoms with van der Waals surface area (Å²) in [5.74, 6) is 0. The van der Waals surface area contributed by atoms with Gasteiger partial charge < -0.3 is 11.5 Å². The van der Waals surface area contributed by atoms with Crippen LogP contribution >= 0.6 is 45.2 Å². The summed E-state index contributed by atoms with van der Waals surface area (Å²) >= 11 is 4.55. The van der Waals surface area contributed by atoms with Gasteiger partial charge in [-0.2, -0.15) is 0 Å². The highest BCUT2D eigenvalue weighted by atomic mass is 127. The lowest BCUT2D eigenvalue weighted by atomic mass is 10.1. The lowest BCUT2D eigenvalue weighted by Crippen LogP contribution is -2.21. The predicted molar refractivity (Wildman–Crippen MR) is 67.9 cm³/mol. The lowest BCUT2D eigenvalue weighted by Gasteiger charge is -2.11. The molecular weight excluding hydrogens is 378 g/mol. The highest BCUT2D eigenvalue weighted by molar-refractivity contribution is 14.1. The van der Waals surface area contributed by atoms with Crippen molar-refractivity contribution >= 4 is 45.2 Å². The highest BCUT2D eigenvalue weighted by Crippen LogP contribution is 2.20. The third-order valence-electron chi connectivity index (χ3n) is 1.61. The zero-order valence-electron chi connectivity index (χ0n) is 6.43. The Hall–Kier alpha value is 0.600. The van der Waals surface area contributed by atoms with E-state index >= 15 is 0 Å². The molecule has 0 fully saturated rings. The fraction of sp³-hybridized carbons (Fsp3) is 0.250. The van der Waals surface area contributed by atoms with Gasteiger partial charge >= 0.3 is 0 Å². The standard InChI is InChI=1S/C8H10I2N2/c9-5-1-2-7(10)6(3-5)8(12)4-11/h1-3,8H,4,11-12H2. The van der Waals surface area contributed by atoms with Crippen LogP contribution in [-0.4, -0.2) is 6.54 Å². The van der Waals surface area contributed by atoms with E-state index in [1.54, 1.807) is 0 Å². The number of hydrogen-bond acceptors (Lipinski definition) is 2. The maximum absolute atomic E-state index is 5.83. The van der Waals surface area contributed by atoms with Crippen LogP contribution < -0.4 is 11.5 Å². The van der Waals surface area contributed by atoms with Gasteiger partial charge in [0, 0.05) is 19.7 Å². The number of hydrogen-bond donors (Lipinski definition) is 2. The number of benzene rings is 1. The Bertz CT molecular complexity index is 276. The number of halogens is 2. The molecule has 0 amide bonds. The van der Waals surface area contributed by atoms with Gasteiger partial charge in [0.2, 0.25) is 0 Å². The Morgan fingerprint density at radius 1 is 1.33 bits per heavy atom. The van der Waals surface area contributed by atoms with E-state index in [2.05, 4.69) is 63.4 Å². The third kappa shape index (κ3) is 2.54. The Balaban J connectivity index is 3.04. The van der Waals surface area contributed by atoms with Crippen molar-refractivity contribution in [2.75, 3.05) is 6.54 Å². The molecule has 2 nitrogen and oxygen atoms in total. The van der Waals surface area contributed by atoms with E-state index in [1.165, 1.54) is 7.14 Å². The molecule has 12 heavy (non-hydrogen) atoms. The minimum absolute atomic E-state index is 0.0355. The molecule has 0 aliphatic rings. The Labute approximate surface area is 99.4 Å². The summed E-state index contributed by atoms with van der Waals surface area (Å²) < 4.78 is 2.39. The van der Waals surface area contributed by atoms with Crippen molar-refractivity contribution in [3.63, 3.8) is 0 Å². The van der Waals surface area contributed by atoms with E-state index < -0.39 is 0 Å². The fourth-order valence-corrected chi connectivity index (χ4v) is 2.18. The van der Waals surface area contributed by atoms with Gasteiger partial charge in [0.05, 0.1) is 0 Å². The molecule has 4 heteroatoms. The van der Waals surface area contributed by atoms with Crippen molar-refractivity contribution in [2.24, 2.45) is 11.5 Å². The van der Waals surface area contributed by atoms with Gasteiger partial charge in [-0.1, -0.05) is 0 Å². The molecular formula is C8H10I2N2. The second kappa shape index (κ2) is 4.73. The maximum atomic E-state index is 5.83. The van der Waals surface area contributed by atoms with Crippen LogP contribution in [0, 0.1) is 7.14 Å². The van der Waals surface area contributed by atoms with Crippen LogP contribution in [0.3, 0.4) is 0 Å². The predicted octanol–water partition coefficient (Wildman–Crippen LogP) is 1.85. The van der Waals surface area contributed by atoms with Crippen LogP contribution in [0.25, 0.3) is 0 Å². The molecule has 0 heterocycles. The number of rotatable bonds is 2. The molecule has 4 N–H and O–H groups in total. The van der Waals surface area contributed by atoms with Gasteiger partial charge in [0.15, 0.2) is 0 Å². The van der Waals surface area contributed by atoms with Crippen molar-refractivity contribution in [3.8, 4) is 0 Å². The van der Waals surface area contributed by atoms with E-state index in [0.29, 0.717) is 6.54 Å². The van der Waals surface area contributed by atoms with Gasteiger partial charge in [0.25, 0.3) is 0 Å². The quantitative estimate of drug-likeness (QED) is 0.761.